The van der Waals surface area contributed by atoms with Gasteiger partial charge in [0.05, 0.1) is 5.69 Å². The van der Waals surface area contributed by atoms with E-state index in [0.717, 1.165) is 22.7 Å². The first kappa shape index (κ1) is 16.0. The molecule has 2 heteroatoms. The van der Waals surface area contributed by atoms with E-state index in [1.165, 1.54) is 11.1 Å². The van der Waals surface area contributed by atoms with E-state index in [-0.39, 0.29) is 0 Å². The van der Waals surface area contributed by atoms with Gasteiger partial charge in [-0.15, -0.1) is 0 Å². The maximum absolute atomic E-state index is 5.91. The predicted octanol–water partition coefficient (Wildman–Crippen LogP) is 6.41. The normalized spacial score (nSPS) is 10.5. The van der Waals surface area contributed by atoms with Crippen LogP contribution in [0.5, 0.6) is 0 Å². The summed E-state index contributed by atoms with van der Waals surface area (Å²) in [6.07, 6.45) is 0. The third-order valence-corrected chi connectivity index (χ3v) is 4.40. The third-order valence-electron chi connectivity index (χ3n) is 4.40. The molecule has 0 aromatic heterocycles. The fourth-order valence-electron chi connectivity index (χ4n) is 3.16. The fourth-order valence-corrected chi connectivity index (χ4v) is 3.16. The Morgan fingerprint density at radius 3 is 1.73 bits per heavy atom. The molecule has 4 rings (SSSR count). The van der Waals surface area contributed by atoms with Crippen molar-refractivity contribution in [2.75, 3.05) is 10.6 Å². The van der Waals surface area contributed by atoms with Crippen molar-refractivity contribution in [3.63, 3.8) is 0 Å². The van der Waals surface area contributed by atoms with E-state index in [1.54, 1.807) is 0 Å². The van der Waals surface area contributed by atoms with Crippen molar-refractivity contribution in [2.45, 2.75) is 0 Å². The van der Waals surface area contributed by atoms with Crippen molar-refractivity contribution in [2.24, 2.45) is 0 Å². The van der Waals surface area contributed by atoms with Gasteiger partial charge in [-0.1, -0.05) is 66.7 Å². The van der Waals surface area contributed by atoms with Crippen LogP contribution in [0.4, 0.5) is 22.7 Å². The summed E-state index contributed by atoms with van der Waals surface area (Å²) in [7, 11) is 0. The summed E-state index contributed by atoms with van der Waals surface area (Å²) < 4.78 is 0. The van der Waals surface area contributed by atoms with Crippen LogP contribution in [0.1, 0.15) is 0 Å². The van der Waals surface area contributed by atoms with Crippen LogP contribution >= 0.6 is 0 Å². The molecule has 0 saturated carbocycles. The van der Waals surface area contributed by atoms with E-state index in [1.807, 2.05) is 24.3 Å². The molecule has 4 aromatic rings. The molecule has 0 aliphatic rings. The molecule has 0 aliphatic carbocycles. The second-order valence-electron chi connectivity index (χ2n) is 6.15. The Morgan fingerprint density at radius 1 is 0.500 bits per heavy atom. The zero-order chi connectivity index (χ0) is 17.8. The number of hydrogen-bond donors (Lipinski definition) is 1. The predicted molar refractivity (Wildman–Crippen MR) is 111 cm³/mol. The van der Waals surface area contributed by atoms with Crippen molar-refractivity contribution < 1.29 is 0 Å². The van der Waals surface area contributed by atoms with Crippen LogP contribution in [0.15, 0.2) is 109 Å². The molecular weight excluding hydrogens is 316 g/mol. The summed E-state index contributed by atoms with van der Waals surface area (Å²) in [5.74, 6) is 0. The highest BCUT2D eigenvalue weighted by atomic mass is 15.1. The minimum atomic E-state index is 0.762. The number of benzene rings is 4. The molecule has 126 valence electrons. The van der Waals surface area contributed by atoms with Crippen molar-refractivity contribution in [1.29, 1.82) is 0 Å². The van der Waals surface area contributed by atoms with Gasteiger partial charge in [-0.2, -0.15) is 0 Å². The molecule has 0 saturated heterocycles. The summed E-state index contributed by atoms with van der Waals surface area (Å²) in [6, 6.07) is 37.4. The van der Waals surface area contributed by atoms with Crippen molar-refractivity contribution in [1.82, 2.24) is 0 Å². The van der Waals surface area contributed by atoms with E-state index < -0.39 is 0 Å². The molecule has 0 heterocycles. The number of nitrogens with zero attached hydrogens (tertiary/aromatic N) is 1. The summed E-state index contributed by atoms with van der Waals surface area (Å²) in [6.45, 7) is 0. The minimum Gasteiger partial charge on any atom is -0.399 e. The number of nitrogen functional groups attached to an aromatic ring is 1. The van der Waals surface area contributed by atoms with Gasteiger partial charge in [0.2, 0.25) is 0 Å². The quantitative estimate of drug-likeness (QED) is 0.437. The van der Waals surface area contributed by atoms with E-state index in [4.69, 9.17) is 5.73 Å². The van der Waals surface area contributed by atoms with Gasteiger partial charge in [0.1, 0.15) is 0 Å². The monoisotopic (exact) mass is 336 g/mol. The number of anilines is 4. The minimum absolute atomic E-state index is 0.762. The second kappa shape index (κ2) is 7.16. The van der Waals surface area contributed by atoms with Gasteiger partial charge in [0.15, 0.2) is 0 Å². The Bertz CT molecular complexity index is 977. The Kier molecular flexibility index (Phi) is 4.40. The number of rotatable bonds is 4. The standard InChI is InChI=1S/C24H20N2/c25-20-15-17-22(18-16-20)26(21-11-5-2-6-12-21)24-14-8-7-13-23(24)19-9-3-1-4-10-19/h1-18H,25H2. The maximum Gasteiger partial charge on any atom is 0.0540 e. The van der Waals surface area contributed by atoms with Gasteiger partial charge in [0.25, 0.3) is 0 Å². The van der Waals surface area contributed by atoms with Gasteiger partial charge >= 0.3 is 0 Å². The molecule has 0 bridgehead atoms. The van der Waals surface area contributed by atoms with Gasteiger partial charge < -0.3 is 10.6 Å². The average Bonchev–Trinajstić information content (AvgIpc) is 2.72. The highest BCUT2D eigenvalue weighted by Gasteiger charge is 2.16. The molecule has 0 fully saturated rings. The fraction of sp³-hybridized carbons (Fsp3) is 0. The van der Waals surface area contributed by atoms with E-state index in [2.05, 4.69) is 89.8 Å². The maximum atomic E-state index is 5.91. The number of hydrogen-bond acceptors (Lipinski definition) is 2. The Morgan fingerprint density at radius 2 is 1.04 bits per heavy atom. The van der Waals surface area contributed by atoms with Crippen LogP contribution in [0.3, 0.4) is 0 Å². The van der Waals surface area contributed by atoms with Crippen LogP contribution in [-0.2, 0) is 0 Å². The Hall–Kier alpha value is -3.52. The first-order chi connectivity index (χ1) is 12.8. The largest absolute Gasteiger partial charge is 0.399 e. The van der Waals surface area contributed by atoms with Crippen LogP contribution in [0, 0.1) is 0 Å². The summed E-state index contributed by atoms with van der Waals surface area (Å²) in [5.41, 5.74) is 12.4. The lowest BCUT2D eigenvalue weighted by molar-refractivity contribution is 1.28. The first-order valence-corrected chi connectivity index (χ1v) is 8.68. The SMILES string of the molecule is Nc1ccc(N(c2ccccc2)c2ccccc2-c2ccccc2)cc1. The molecule has 2 N–H and O–H groups in total. The molecule has 0 aliphatic heterocycles. The highest BCUT2D eigenvalue weighted by molar-refractivity contribution is 5.88. The summed E-state index contributed by atoms with van der Waals surface area (Å²) in [4.78, 5) is 2.27. The van der Waals surface area contributed by atoms with Crippen LogP contribution in [0.2, 0.25) is 0 Å². The van der Waals surface area contributed by atoms with E-state index in [9.17, 15) is 0 Å². The second-order valence-corrected chi connectivity index (χ2v) is 6.15. The van der Waals surface area contributed by atoms with Gasteiger partial charge in [-0.3, -0.25) is 0 Å². The lowest BCUT2D eigenvalue weighted by Gasteiger charge is -2.27. The summed E-state index contributed by atoms with van der Waals surface area (Å²) >= 11 is 0. The van der Waals surface area contributed by atoms with Crippen LogP contribution in [0.25, 0.3) is 11.1 Å². The van der Waals surface area contributed by atoms with Crippen molar-refractivity contribution in [3.8, 4) is 11.1 Å². The van der Waals surface area contributed by atoms with Crippen LogP contribution < -0.4 is 10.6 Å². The molecule has 0 spiro atoms. The molecule has 0 atom stereocenters. The molecule has 0 radical (unpaired) electrons. The van der Waals surface area contributed by atoms with E-state index in [0.29, 0.717) is 0 Å². The molecule has 0 unspecified atom stereocenters. The molecule has 0 amide bonds. The Labute approximate surface area is 154 Å². The lowest BCUT2D eigenvalue weighted by atomic mass is 10.0. The molecular formula is C24H20N2. The molecule has 26 heavy (non-hydrogen) atoms. The topological polar surface area (TPSA) is 29.3 Å². The first-order valence-electron chi connectivity index (χ1n) is 8.68. The van der Waals surface area contributed by atoms with Crippen molar-refractivity contribution >= 4 is 22.7 Å². The zero-order valence-corrected chi connectivity index (χ0v) is 14.4. The summed E-state index contributed by atoms with van der Waals surface area (Å²) in [5, 5.41) is 0. The lowest BCUT2D eigenvalue weighted by Crippen LogP contribution is -2.11. The molecule has 4 aromatic carbocycles. The number of para-hydroxylation sites is 2. The van der Waals surface area contributed by atoms with Crippen LogP contribution in [-0.4, -0.2) is 0 Å². The van der Waals surface area contributed by atoms with Gasteiger partial charge in [-0.05, 0) is 48.0 Å². The van der Waals surface area contributed by atoms with Gasteiger partial charge in [-0.25, -0.2) is 0 Å². The van der Waals surface area contributed by atoms with Gasteiger partial charge in [0, 0.05) is 22.6 Å². The third kappa shape index (κ3) is 3.17. The molecule has 2 nitrogen and oxygen atoms in total. The van der Waals surface area contributed by atoms with E-state index >= 15 is 0 Å². The average molecular weight is 336 g/mol. The van der Waals surface area contributed by atoms with Crippen molar-refractivity contribution in [3.05, 3.63) is 109 Å². The zero-order valence-electron chi connectivity index (χ0n) is 14.4. The Balaban J connectivity index is 1.92. The number of nitrogens with two attached hydrogens (primary N) is 1. The smallest absolute Gasteiger partial charge is 0.0540 e. The highest BCUT2D eigenvalue weighted by Crippen LogP contribution is 2.40.